The van der Waals surface area contributed by atoms with Crippen LogP contribution in [0.1, 0.15) is 43.2 Å². The Labute approximate surface area is 315 Å². The SMILES string of the molecule is c1ccc(-n2c3ccccc3c3cc(-c4ccc5c(c4)c4ccccc4n5-c4cccc5c4-c4ccccc4C54C5CC6CC(C5)CC4C6)ccc32)cc1. The Hall–Kier alpha value is -5.86. The van der Waals surface area contributed by atoms with E-state index in [4.69, 9.17) is 0 Å². The van der Waals surface area contributed by atoms with Gasteiger partial charge >= 0.3 is 0 Å². The minimum atomic E-state index is 0.156. The lowest BCUT2D eigenvalue weighted by Gasteiger charge is -2.61. The van der Waals surface area contributed by atoms with Gasteiger partial charge in [0, 0.05) is 38.2 Å². The van der Waals surface area contributed by atoms with Crippen molar-refractivity contribution in [2.24, 2.45) is 23.7 Å². The van der Waals surface area contributed by atoms with E-state index < -0.39 is 0 Å². The van der Waals surface area contributed by atoms with Crippen molar-refractivity contribution >= 4 is 43.6 Å². The molecule has 4 fully saturated rings. The third-order valence-electron chi connectivity index (χ3n) is 14.5. The Kier molecular flexibility index (Phi) is 5.83. The first-order valence-electron chi connectivity index (χ1n) is 20.1. The molecular weight excluding hydrogens is 653 g/mol. The maximum Gasteiger partial charge on any atom is 0.0543 e. The lowest BCUT2D eigenvalue weighted by Crippen LogP contribution is -2.55. The molecule has 0 radical (unpaired) electrons. The standard InChI is InChI=1S/C52H40N2/c1-2-11-38(12-3-1)53-46-18-8-5-13-39(46)42-30-34(21-23-48(42)53)35-22-24-49-43(31-35)40-14-6-9-19-47(40)54(49)50-20-10-17-45-51(50)41-15-4-7-16-44(41)52(45)36-26-32-25-33(28-36)29-37(52)27-32/h1-24,30-33,36-37H,25-29H2. The van der Waals surface area contributed by atoms with Crippen molar-refractivity contribution in [2.45, 2.75) is 37.5 Å². The Morgan fingerprint density at radius 3 is 1.63 bits per heavy atom. The van der Waals surface area contributed by atoms with E-state index >= 15 is 0 Å². The first-order chi connectivity index (χ1) is 26.8. The molecule has 2 aromatic heterocycles. The molecule has 0 atom stereocenters. The van der Waals surface area contributed by atoms with Gasteiger partial charge in [0.2, 0.25) is 0 Å². The van der Waals surface area contributed by atoms with Crippen LogP contribution in [0.2, 0.25) is 0 Å². The summed E-state index contributed by atoms with van der Waals surface area (Å²) in [5.41, 5.74) is 16.4. The number of benzene rings is 7. The fraction of sp³-hybridized carbons (Fsp3) is 0.192. The van der Waals surface area contributed by atoms with Crippen LogP contribution in [-0.2, 0) is 5.41 Å². The van der Waals surface area contributed by atoms with Gasteiger partial charge in [-0.15, -0.1) is 0 Å². The maximum absolute atomic E-state index is 2.59. The summed E-state index contributed by atoms with van der Waals surface area (Å²) in [5.74, 6) is 3.39. The van der Waals surface area contributed by atoms with Gasteiger partial charge in [0.1, 0.15) is 0 Å². The minimum Gasteiger partial charge on any atom is -0.309 e. The molecule has 1 spiro atoms. The number of rotatable bonds is 3. The van der Waals surface area contributed by atoms with Crippen LogP contribution in [-0.4, -0.2) is 9.13 Å². The van der Waals surface area contributed by atoms with Gasteiger partial charge in [-0.1, -0.05) is 103 Å². The first kappa shape index (κ1) is 29.6. The normalized spacial score (nSPS) is 23.6. The molecule has 2 nitrogen and oxygen atoms in total. The third kappa shape index (κ3) is 3.71. The summed E-state index contributed by atoms with van der Waals surface area (Å²) in [7, 11) is 0. The number of hydrogen-bond acceptors (Lipinski definition) is 0. The molecule has 2 heteroatoms. The molecule has 0 N–H and O–H groups in total. The van der Waals surface area contributed by atoms with E-state index in [0.717, 1.165) is 23.7 Å². The average molecular weight is 693 g/mol. The predicted octanol–water partition coefficient (Wildman–Crippen LogP) is 13.3. The van der Waals surface area contributed by atoms with Gasteiger partial charge in [-0.3, -0.25) is 0 Å². The van der Waals surface area contributed by atoms with Crippen molar-refractivity contribution in [3.8, 4) is 33.6 Å². The maximum atomic E-state index is 2.59. The summed E-state index contributed by atoms with van der Waals surface area (Å²) in [5, 5.41) is 5.19. The summed E-state index contributed by atoms with van der Waals surface area (Å²) in [6.45, 7) is 0. The summed E-state index contributed by atoms with van der Waals surface area (Å²) in [4.78, 5) is 0. The van der Waals surface area contributed by atoms with Gasteiger partial charge in [0.25, 0.3) is 0 Å². The largest absolute Gasteiger partial charge is 0.309 e. The van der Waals surface area contributed by atoms with Crippen LogP contribution in [0.4, 0.5) is 0 Å². The second kappa shape index (κ2) is 10.6. The zero-order valence-corrected chi connectivity index (χ0v) is 30.3. The summed E-state index contributed by atoms with van der Waals surface area (Å²) >= 11 is 0. The molecular formula is C52H40N2. The average Bonchev–Trinajstić information content (AvgIpc) is 3.84. The van der Waals surface area contributed by atoms with Gasteiger partial charge in [-0.2, -0.15) is 0 Å². The van der Waals surface area contributed by atoms with Crippen molar-refractivity contribution in [3.63, 3.8) is 0 Å². The highest BCUT2D eigenvalue weighted by molar-refractivity contribution is 6.13. The molecule has 7 aromatic carbocycles. The molecule has 0 aliphatic heterocycles. The third-order valence-corrected chi connectivity index (χ3v) is 14.5. The number of para-hydroxylation sites is 3. The van der Waals surface area contributed by atoms with Gasteiger partial charge in [0.05, 0.1) is 27.8 Å². The molecule has 2 heterocycles. The molecule has 258 valence electrons. The van der Waals surface area contributed by atoms with E-state index in [1.807, 2.05) is 0 Å². The van der Waals surface area contributed by atoms with Crippen LogP contribution in [0, 0.1) is 23.7 Å². The van der Waals surface area contributed by atoms with Gasteiger partial charge in [0.15, 0.2) is 0 Å². The highest BCUT2D eigenvalue weighted by Gasteiger charge is 2.61. The molecule has 54 heavy (non-hydrogen) atoms. The van der Waals surface area contributed by atoms with E-state index in [-0.39, 0.29) is 5.41 Å². The molecule has 5 aliphatic rings. The molecule has 14 rings (SSSR count). The van der Waals surface area contributed by atoms with Crippen LogP contribution in [0.15, 0.2) is 158 Å². The molecule has 9 aromatic rings. The Morgan fingerprint density at radius 2 is 0.944 bits per heavy atom. The minimum absolute atomic E-state index is 0.156. The predicted molar refractivity (Wildman–Crippen MR) is 224 cm³/mol. The fourth-order valence-electron chi connectivity index (χ4n) is 12.8. The Morgan fingerprint density at radius 1 is 0.407 bits per heavy atom. The monoisotopic (exact) mass is 692 g/mol. The van der Waals surface area contributed by atoms with Gasteiger partial charge in [-0.05, 0) is 138 Å². The van der Waals surface area contributed by atoms with E-state index in [9.17, 15) is 0 Å². The van der Waals surface area contributed by atoms with E-state index in [1.165, 1.54) is 109 Å². The van der Waals surface area contributed by atoms with Gasteiger partial charge in [-0.25, -0.2) is 0 Å². The Bertz CT molecular complexity index is 2980. The van der Waals surface area contributed by atoms with Crippen LogP contribution in [0.3, 0.4) is 0 Å². The van der Waals surface area contributed by atoms with Gasteiger partial charge < -0.3 is 9.13 Å². The topological polar surface area (TPSA) is 9.86 Å². The van der Waals surface area contributed by atoms with Crippen LogP contribution in [0.5, 0.6) is 0 Å². The second-order valence-electron chi connectivity index (χ2n) is 16.9. The zero-order chi connectivity index (χ0) is 35.1. The molecule has 0 unspecified atom stereocenters. The van der Waals surface area contributed by atoms with Crippen LogP contribution >= 0.6 is 0 Å². The quantitative estimate of drug-likeness (QED) is 0.174. The second-order valence-corrected chi connectivity index (χ2v) is 16.9. The fourth-order valence-corrected chi connectivity index (χ4v) is 12.8. The van der Waals surface area contributed by atoms with Crippen molar-refractivity contribution in [1.29, 1.82) is 0 Å². The summed E-state index contributed by atoms with van der Waals surface area (Å²) in [6, 6.07) is 59.7. The summed E-state index contributed by atoms with van der Waals surface area (Å²) in [6.07, 6.45) is 7.10. The summed E-state index contributed by atoms with van der Waals surface area (Å²) < 4.78 is 4.99. The van der Waals surface area contributed by atoms with Crippen molar-refractivity contribution < 1.29 is 0 Å². The molecule has 0 saturated heterocycles. The zero-order valence-electron chi connectivity index (χ0n) is 30.3. The van der Waals surface area contributed by atoms with Crippen molar-refractivity contribution in [1.82, 2.24) is 9.13 Å². The molecule has 5 aliphatic carbocycles. The number of nitrogens with zero attached hydrogens (tertiary/aromatic N) is 2. The number of aromatic nitrogens is 2. The smallest absolute Gasteiger partial charge is 0.0543 e. The van der Waals surface area contributed by atoms with Crippen LogP contribution < -0.4 is 0 Å². The molecule has 0 amide bonds. The van der Waals surface area contributed by atoms with Crippen molar-refractivity contribution in [3.05, 3.63) is 169 Å². The van der Waals surface area contributed by atoms with E-state index in [1.54, 1.807) is 11.1 Å². The lowest BCUT2D eigenvalue weighted by atomic mass is 9.43. The number of fused-ring (bicyclic) bond motifs is 9. The highest BCUT2D eigenvalue weighted by Crippen LogP contribution is 2.69. The lowest BCUT2D eigenvalue weighted by molar-refractivity contribution is -0.0399. The molecule has 4 saturated carbocycles. The first-order valence-corrected chi connectivity index (χ1v) is 20.1. The molecule has 4 bridgehead atoms. The van der Waals surface area contributed by atoms with E-state index in [2.05, 4.69) is 167 Å². The highest BCUT2D eigenvalue weighted by atomic mass is 15.0. The Balaban J connectivity index is 1.01. The van der Waals surface area contributed by atoms with Crippen molar-refractivity contribution in [2.75, 3.05) is 0 Å². The van der Waals surface area contributed by atoms with E-state index in [0.29, 0.717) is 0 Å². The van der Waals surface area contributed by atoms with Crippen LogP contribution in [0.25, 0.3) is 77.2 Å². The number of hydrogen-bond donors (Lipinski definition) is 0.